The van der Waals surface area contributed by atoms with E-state index in [2.05, 4.69) is 25.9 Å². The highest BCUT2D eigenvalue weighted by Gasteiger charge is 2.33. The van der Waals surface area contributed by atoms with E-state index in [1.54, 1.807) is 14.2 Å². The topological polar surface area (TPSA) is 70.6 Å². The first-order chi connectivity index (χ1) is 11.0. The fourth-order valence-corrected chi connectivity index (χ4v) is 1.78. The summed E-state index contributed by atoms with van der Waals surface area (Å²) >= 11 is 0. The van der Waals surface area contributed by atoms with Gasteiger partial charge in [0.15, 0.2) is 5.96 Å². The minimum atomic E-state index is -4.43. The van der Waals surface area contributed by atoms with Crippen LogP contribution in [0.5, 0.6) is 0 Å². The first-order valence-corrected chi connectivity index (χ1v) is 7.18. The SMILES string of the molecule is CN=C(NCCCOC)NCCNc1ncccc1C(F)(F)F. The second-order valence-electron chi connectivity index (χ2n) is 4.60. The predicted molar refractivity (Wildman–Crippen MR) is 83.6 cm³/mol. The molecule has 1 aromatic rings. The third-order valence-electron chi connectivity index (χ3n) is 2.86. The lowest BCUT2D eigenvalue weighted by atomic mass is 10.2. The van der Waals surface area contributed by atoms with Gasteiger partial charge in [-0.05, 0) is 18.6 Å². The highest BCUT2D eigenvalue weighted by Crippen LogP contribution is 2.33. The highest BCUT2D eigenvalue weighted by molar-refractivity contribution is 5.79. The molecule has 0 bridgehead atoms. The molecule has 0 aliphatic carbocycles. The van der Waals surface area contributed by atoms with Crippen molar-refractivity contribution >= 4 is 11.8 Å². The molecular weight excluding hydrogens is 311 g/mol. The van der Waals surface area contributed by atoms with E-state index >= 15 is 0 Å². The van der Waals surface area contributed by atoms with Gasteiger partial charge in [0.2, 0.25) is 0 Å². The molecule has 0 aromatic carbocycles. The van der Waals surface area contributed by atoms with Crippen molar-refractivity contribution in [1.82, 2.24) is 15.6 Å². The fraction of sp³-hybridized carbons (Fsp3) is 0.571. The van der Waals surface area contributed by atoms with Crippen molar-refractivity contribution in [3.63, 3.8) is 0 Å². The second kappa shape index (κ2) is 9.88. The average Bonchev–Trinajstić information content (AvgIpc) is 2.53. The van der Waals surface area contributed by atoms with E-state index in [1.807, 2.05) is 0 Å². The number of anilines is 1. The lowest BCUT2D eigenvalue weighted by Gasteiger charge is -2.15. The molecule has 0 fully saturated rings. The molecule has 0 aliphatic heterocycles. The van der Waals surface area contributed by atoms with Crippen LogP contribution in [-0.2, 0) is 10.9 Å². The molecule has 9 heteroatoms. The molecular formula is C14H22F3N5O. The standard InChI is InChI=1S/C14H22F3N5O/c1-18-13(21-7-4-10-23-2)22-9-8-20-12-11(14(15,16)17)5-3-6-19-12/h3,5-6H,4,7-10H2,1-2H3,(H,19,20)(H2,18,21,22). The number of guanidine groups is 1. The summed E-state index contributed by atoms with van der Waals surface area (Å²) in [6.07, 6.45) is -2.28. The number of rotatable bonds is 8. The Bertz CT molecular complexity index is 494. The van der Waals surface area contributed by atoms with Crippen molar-refractivity contribution in [2.45, 2.75) is 12.6 Å². The summed E-state index contributed by atoms with van der Waals surface area (Å²) < 4.78 is 43.4. The van der Waals surface area contributed by atoms with Crippen molar-refractivity contribution in [2.75, 3.05) is 45.7 Å². The maximum absolute atomic E-state index is 12.8. The van der Waals surface area contributed by atoms with Crippen LogP contribution in [0.2, 0.25) is 0 Å². The number of pyridine rings is 1. The molecule has 0 saturated heterocycles. The lowest BCUT2D eigenvalue weighted by molar-refractivity contribution is -0.137. The van der Waals surface area contributed by atoms with Crippen molar-refractivity contribution in [3.8, 4) is 0 Å². The average molecular weight is 333 g/mol. The molecule has 0 radical (unpaired) electrons. The molecule has 0 spiro atoms. The van der Waals surface area contributed by atoms with Gasteiger partial charge in [0.25, 0.3) is 0 Å². The van der Waals surface area contributed by atoms with Gasteiger partial charge in [-0.2, -0.15) is 13.2 Å². The Balaban J connectivity index is 2.37. The van der Waals surface area contributed by atoms with Gasteiger partial charge in [0.05, 0.1) is 5.56 Å². The van der Waals surface area contributed by atoms with Gasteiger partial charge in [-0.15, -0.1) is 0 Å². The number of nitrogens with one attached hydrogen (secondary N) is 3. The zero-order valence-corrected chi connectivity index (χ0v) is 13.2. The molecule has 0 saturated carbocycles. The zero-order valence-electron chi connectivity index (χ0n) is 13.2. The predicted octanol–water partition coefficient (Wildman–Crippen LogP) is 1.71. The number of ether oxygens (including phenoxy) is 1. The van der Waals surface area contributed by atoms with Crippen molar-refractivity contribution in [3.05, 3.63) is 23.9 Å². The number of hydrogen-bond donors (Lipinski definition) is 3. The number of alkyl halides is 3. The van der Waals surface area contributed by atoms with Gasteiger partial charge in [0, 0.05) is 46.6 Å². The summed E-state index contributed by atoms with van der Waals surface area (Å²) in [5, 5.41) is 8.75. The fourth-order valence-electron chi connectivity index (χ4n) is 1.78. The van der Waals surface area contributed by atoms with Crippen LogP contribution in [-0.4, -0.2) is 51.3 Å². The summed E-state index contributed by atoms with van der Waals surface area (Å²) in [4.78, 5) is 7.75. The zero-order chi connectivity index (χ0) is 17.1. The minimum Gasteiger partial charge on any atom is -0.385 e. The molecule has 0 amide bonds. The number of halogens is 3. The molecule has 1 rings (SSSR count). The maximum Gasteiger partial charge on any atom is 0.419 e. The van der Waals surface area contributed by atoms with Gasteiger partial charge >= 0.3 is 6.18 Å². The molecule has 0 atom stereocenters. The van der Waals surface area contributed by atoms with Crippen molar-refractivity contribution in [2.24, 2.45) is 4.99 Å². The molecule has 23 heavy (non-hydrogen) atoms. The van der Waals surface area contributed by atoms with E-state index in [4.69, 9.17) is 4.74 Å². The summed E-state index contributed by atoms with van der Waals surface area (Å²) in [7, 11) is 3.26. The smallest absolute Gasteiger partial charge is 0.385 e. The molecule has 130 valence electrons. The normalized spacial score (nSPS) is 12.1. The van der Waals surface area contributed by atoms with Gasteiger partial charge < -0.3 is 20.7 Å². The van der Waals surface area contributed by atoms with Gasteiger partial charge in [-0.25, -0.2) is 4.98 Å². The Kier molecular flexibility index (Phi) is 8.17. The van der Waals surface area contributed by atoms with E-state index in [1.165, 1.54) is 12.3 Å². The van der Waals surface area contributed by atoms with Gasteiger partial charge in [-0.3, -0.25) is 4.99 Å². The quantitative estimate of drug-likeness (QED) is 0.384. The molecule has 1 heterocycles. The van der Waals surface area contributed by atoms with E-state index in [-0.39, 0.29) is 12.4 Å². The Labute approximate surface area is 133 Å². The molecule has 6 nitrogen and oxygen atoms in total. The highest BCUT2D eigenvalue weighted by atomic mass is 19.4. The van der Waals surface area contributed by atoms with Crippen molar-refractivity contribution in [1.29, 1.82) is 0 Å². The van der Waals surface area contributed by atoms with Crippen molar-refractivity contribution < 1.29 is 17.9 Å². The van der Waals surface area contributed by atoms with Crippen LogP contribution in [0.25, 0.3) is 0 Å². The largest absolute Gasteiger partial charge is 0.419 e. The summed E-state index contributed by atoms with van der Waals surface area (Å²) in [6, 6.07) is 2.26. The van der Waals surface area contributed by atoms with Crippen LogP contribution in [0.1, 0.15) is 12.0 Å². The number of methoxy groups -OCH3 is 1. The lowest BCUT2D eigenvalue weighted by Crippen LogP contribution is -2.40. The Morgan fingerprint density at radius 1 is 1.26 bits per heavy atom. The van der Waals surface area contributed by atoms with Crippen LogP contribution >= 0.6 is 0 Å². The maximum atomic E-state index is 12.8. The molecule has 3 N–H and O–H groups in total. The first kappa shape index (κ1) is 19.0. The minimum absolute atomic E-state index is 0.176. The summed E-state index contributed by atoms with van der Waals surface area (Å²) in [5.74, 6) is 0.407. The van der Waals surface area contributed by atoms with E-state index < -0.39 is 11.7 Å². The number of aromatic nitrogens is 1. The number of aliphatic imine (C=N–C) groups is 1. The molecule has 0 aliphatic rings. The van der Waals surface area contributed by atoms with Crippen LogP contribution in [0.3, 0.4) is 0 Å². The summed E-state index contributed by atoms with van der Waals surface area (Å²) in [5.41, 5.74) is -0.776. The second-order valence-corrected chi connectivity index (χ2v) is 4.60. The number of nitrogens with zero attached hydrogens (tertiary/aromatic N) is 2. The molecule has 1 aromatic heterocycles. The Hall–Kier alpha value is -2.03. The monoisotopic (exact) mass is 333 g/mol. The first-order valence-electron chi connectivity index (χ1n) is 7.18. The number of hydrogen-bond acceptors (Lipinski definition) is 4. The third kappa shape index (κ3) is 7.18. The molecule has 0 unspecified atom stereocenters. The van der Waals surface area contributed by atoms with E-state index in [9.17, 15) is 13.2 Å². The van der Waals surface area contributed by atoms with Crippen LogP contribution < -0.4 is 16.0 Å². The van der Waals surface area contributed by atoms with E-state index in [0.717, 1.165) is 12.5 Å². The third-order valence-corrected chi connectivity index (χ3v) is 2.86. The van der Waals surface area contributed by atoms with Gasteiger partial charge in [-0.1, -0.05) is 0 Å². The van der Waals surface area contributed by atoms with Gasteiger partial charge in [0.1, 0.15) is 5.82 Å². The van der Waals surface area contributed by atoms with Crippen LogP contribution in [0.4, 0.5) is 19.0 Å². The van der Waals surface area contributed by atoms with Crippen LogP contribution in [0.15, 0.2) is 23.3 Å². The summed E-state index contributed by atoms with van der Waals surface area (Å²) in [6.45, 7) is 2.02. The Morgan fingerprint density at radius 3 is 2.65 bits per heavy atom. The van der Waals surface area contributed by atoms with E-state index in [0.29, 0.717) is 25.7 Å². The van der Waals surface area contributed by atoms with Crippen LogP contribution in [0, 0.1) is 0 Å². The Morgan fingerprint density at radius 2 is 2.00 bits per heavy atom.